The second-order valence-electron chi connectivity index (χ2n) is 9.32. The van der Waals surface area contributed by atoms with Crippen molar-refractivity contribution in [2.75, 3.05) is 28.4 Å². The lowest BCUT2D eigenvalue weighted by Crippen LogP contribution is -1.94. The summed E-state index contributed by atoms with van der Waals surface area (Å²) in [4.78, 5) is 24.6. The molecule has 0 bridgehead atoms. The first-order valence-electron chi connectivity index (χ1n) is 13.3. The molecule has 2 aromatic carbocycles. The molecule has 0 aliphatic heterocycles. The molecule has 0 spiro atoms. The van der Waals surface area contributed by atoms with E-state index in [2.05, 4.69) is 51.3 Å². The Morgan fingerprint density at radius 3 is 1.39 bits per heavy atom. The maximum absolute atomic E-state index is 9.16. The Bertz CT molecular complexity index is 2190. The number of hydrogen-bond acceptors (Lipinski definition) is 12. The van der Waals surface area contributed by atoms with E-state index in [-0.39, 0.29) is 10.6 Å². The molecular weight excluding hydrogens is 785 g/mol. The van der Waals surface area contributed by atoms with Gasteiger partial charge in [-0.05, 0) is 53.0 Å². The van der Waals surface area contributed by atoms with E-state index in [9.17, 15) is 0 Å². The van der Waals surface area contributed by atoms with E-state index in [0.717, 1.165) is 28.0 Å². The molecule has 0 fully saturated rings. The number of ether oxygens (including phenoxy) is 4. The van der Waals surface area contributed by atoms with E-state index in [4.69, 9.17) is 73.8 Å². The van der Waals surface area contributed by atoms with Gasteiger partial charge >= 0.3 is 8.26 Å². The average molecular weight is 807 g/mol. The summed E-state index contributed by atoms with van der Waals surface area (Å²) in [5.41, 5.74) is 4.16. The summed E-state index contributed by atoms with van der Waals surface area (Å²) in [5, 5.41) is 2.59. The summed E-state index contributed by atoms with van der Waals surface area (Å²) in [7, 11) is 11.1. The quantitative estimate of drug-likeness (QED) is 0.117. The normalized spacial score (nSPS) is 10.8. The van der Waals surface area contributed by atoms with Crippen molar-refractivity contribution < 1.29 is 27.4 Å². The van der Waals surface area contributed by atoms with Crippen molar-refractivity contribution >= 4 is 98.1 Å². The van der Waals surface area contributed by atoms with Crippen LogP contribution in [0.3, 0.4) is 0 Å². The van der Waals surface area contributed by atoms with Gasteiger partial charge in [0.15, 0.2) is 11.3 Å². The van der Waals surface area contributed by atoms with Crippen LogP contribution in [0, 0.1) is 0 Å². The standard InChI is InChI=1S/C15H10Cl3N3O2.C15H12ClN3O2.Cl2O2S/c1-22-9-4-10(23-2)13(17)11(12(9)16)7-3-8-6-20-15(18)21-14(8)19-5-7;1-20-12-4-9(5-13(6-12)21-2)10-3-11-8-18-15(16)19-14(11)17-7-10;1-5(2,3)4/h3-6H,1-2H3;3-8H,1-2H3;. The van der Waals surface area contributed by atoms with Gasteiger partial charge in [-0.1, -0.05) is 23.2 Å². The van der Waals surface area contributed by atoms with Crippen LogP contribution in [0.2, 0.25) is 20.6 Å². The lowest BCUT2D eigenvalue weighted by atomic mass is 10.1. The smallest absolute Gasteiger partial charge is 0.317 e. The van der Waals surface area contributed by atoms with Crippen molar-refractivity contribution in [1.29, 1.82) is 0 Å². The predicted octanol–water partition coefficient (Wildman–Crippen LogP) is 8.74. The molecule has 6 aromatic rings. The van der Waals surface area contributed by atoms with Gasteiger partial charge in [0.1, 0.15) is 23.0 Å². The fraction of sp³-hybridized carbons (Fsp3) is 0.133. The fourth-order valence-electron chi connectivity index (χ4n) is 4.21. The van der Waals surface area contributed by atoms with Crippen molar-refractivity contribution in [3.05, 3.63) is 81.8 Å². The molecule has 0 N–H and O–H groups in total. The summed E-state index contributed by atoms with van der Waals surface area (Å²) in [6, 6.07) is 11.1. The molecule has 0 saturated carbocycles. The van der Waals surface area contributed by atoms with E-state index in [1.54, 1.807) is 45.1 Å². The highest BCUT2D eigenvalue weighted by Gasteiger charge is 2.19. The minimum Gasteiger partial charge on any atom is -0.497 e. The van der Waals surface area contributed by atoms with Gasteiger partial charge in [-0.2, -0.15) is 18.4 Å². The molecule has 19 heteroatoms. The van der Waals surface area contributed by atoms with Gasteiger partial charge < -0.3 is 18.9 Å². The first-order valence-corrected chi connectivity index (χ1v) is 17.9. The summed E-state index contributed by atoms with van der Waals surface area (Å²) in [6.07, 6.45) is 6.58. The second kappa shape index (κ2) is 16.8. The van der Waals surface area contributed by atoms with Crippen LogP contribution in [-0.2, 0) is 8.26 Å². The Labute approximate surface area is 309 Å². The molecular formula is C30H22Cl6N6O6S. The Kier molecular flexibility index (Phi) is 13.1. The molecule has 0 saturated heterocycles. The number of aromatic nitrogens is 6. The molecule has 0 radical (unpaired) electrons. The number of benzene rings is 2. The van der Waals surface area contributed by atoms with Crippen LogP contribution in [0.4, 0.5) is 0 Å². The van der Waals surface area contributed by atoms with Crippen LogP contribution in [0.15, 0.2) is 61.2 Å². The van der Waals surface area contributed by atoms with Crippen molar-refractivity contribution in [2.45, 2.75) is 0 Å². The zero-order valence-corrected chi connectivity index (χ0v) is 30.9. The Hall–Kier alpha value is -3.69. The second-order valence-corrected chi connectivity index (χ2v) is 14.4. The molecule has 0 atom stereocenters. The number of pyridine rings is 2. The highest BCUT2D eigenvalue weighted by atomic mass is 36.0. The number of methoxy groups -OCH3 is 4. The minimum atomic E-state index is -3.72. The van der Waals surface area contributed by atoms with Gasteiger partial charge in [0, 0.05) is 85.7 Å². The van der Waals surface area contributed by atoms with Crippen LogP contribution in [0.25, 0.3) is 44.3 Å². The van der Waals surface area contributed by atoms with Gasteiger partial charge in [0.2, 0.25) is 10.6 Å². The third kappa shape index (κ3) is 10.2. The fourth-order valence-corrected chi connectivity index (χ4v) is 5.19. The van der Waals surface area contributed by atoms with Gasteiger partial charge in [-0.3, -0.25) is 0 Å². The largest absolute Gasteiger partial charge is 0.497 e. The molecule has 0 aliphatic rings. The summed E-state index contributed by atoms with van der Waals surface area (Å²) < 4.78 is 39.4. The number of rotatable bonds is 6. The van der Waals surface area contributed by atoms with Crippen molar-refractivity contribution in [3.63, 3.8) is 0 Å². The number of fused-ring (bicyclic) bond motifs is 2. The lowest BCUT2D eigenvalue weighted by molar-refractivity contribution is 0.394. The minimum absolute atomic E-state index is 0.136. The predicted molar refractivity (Wildman–Crippen MR) is 192 cm³/mol. The van der Waals surface area contributed by atoms with Crippen molar-refractivity contribution in [2.24, 2.45) is 0 Å². The third-order valence-electron chi connectivity index (χ3n) is 6.35. The Balaban J connectivity index is 0.000000195. The maximum atomic E-state index is 9.16. The van der Waals surface area contributed by atoms with Gasteiger partial charge in [-0.15, -0.1) is 0 Å². The molecule has 49 heavy (non-hydrogen) atoms. The van der Waals surface area contributed by atoms with Gasteiger partial charge in [-0.25, -0.2) is 19.9 Å². The highest BCUT2D eigenvalue weighted by Crippen LogP contribution is 2.46. The van der Waals surface area contributed by atoms with Crippen LogP contribution in [0.1, 0.15) is 0 Å². The Morgan fingerprint density at radius 2 is 0.959 bits per heavy atom. The van der Waals surface area contributed by atoms with E-state index < -0.39 is 8.26 Å². The van der Waals surface area contributed by atoms with Gasteiger partial charge in [0.05, 0.1) is 38.5 Å². The first-order chi connectivity index (χ1) is 23.2. The topological polar surface area (TPSA) is 148 Å². The molecule has 0 aliphatic carbocycles. The van der Waals surface area contributed by atoms with E-state index >= 15 is 0 Å². The number of halogens is 6. The maximum Gasteiger partial charge on any atom is 0.317 e. The molecule has 12 nitrogen and oxygen atoms in total. The summed E-state index contributed by atoms with van der Waals surface area (Å²) >= 11 is 24.3. The van der Waals surface area contributed by atoms with Gasteiger partial charge in [0.25, 0.3) is 0 Å². The van der Waals surface area contributed by atoms with Crippen LogP contribution in [-0.4, -0.2) is 66.8 Å². The van der Waals surface area contributed by atoms with E-state index in [1.165, 1.54) is 14.2 Å². The first kappa shape index (κ1) is 38.1. The highest BCUT2D eigenvalue weighted by molar-refractivity contribution is 8.31. The van der Waals surface area contributed by atoms with E-state index in [0.29, 0.717) is 49.4 Å². The third-order valence-corrected chi connectivity index (χ3v) is 7.47. The number of hydrogen-bond donors (Lipinski definition) is 0. The molecule has 0 amide bonds. The molecule has 4 aromatic heterocycles. The summed E-state index contributed by atoms with van der Waals surface area (Å²) in [5.74, 6) is 2.35. The zero-order valence-electron chi connectivity index (χ0n) is 25.6. The number of nitrogens with zero attached hydrogens (tertiary/aromatic N) is 6. The van der Waals surface area contributed by atoms with Crippen molar-refractivity contribution in [3.8, 4) is 45.3 Å². The Morgan fingerprint density at radius 1 is 0.531 bits per heavy atom. The lowest BCUT2D eigenvalue weighted by Gasteiger charge is -2.14. The van der Waals surface area contributed by atoms with Crippen LogP contribution >= 0.6 is 67.8 Å². The van der Waals surface area contributed by atoms with Crippen LogP contribution in [0.5, 0.6) is 23.0 Å². The summed E-state index contributed by atoms with van der Waals surface area (Å²) in [6.45, 7) is 0. The molecule has 6 rings (SSSR count). The molecule has 4 heterocycles. The monoisotopic (exact) mass is 804 g/mol. The zero-order chi connectivity index (χ0) is 35.9. The van der Waals surface area contributed by atoms with Crippen molar-refractivity contribution in [1.82, 2.24) is 29.9 Å². The molecule has 0 unspecified atom stereocenters. The average Bonchev–Trinajstić information content (AvgIpc) is 3.07. The SMILES string of the molecule is COc1cc(OC)c(Cl)c(-c2cnc3nc(Cl)ncc3c2)c1Cl.COc1cc(OC)cc(-c2cnc3nc(Cl)ncc3c2)c1.O=S(=O)(Cl)Cl. The van der Waals surface area contributed by atoms with Crippen LogP contribution < -0.4 is 18.9 Å². The molecule has 256 valence electrons. The van der Waals surface area contributed by atoms with E-state index in [1.807, 2.05) is 30.3 Å².